The van der Waals surface area contributed by atoms with Gasteiger partial charge >= 0.3 is 5.97 Å². The zero-order chi connectivity index (χ0) is 17.8. The van der Waals surface area contributed by atoms with Crippen LogP contribution >= 0.6 is 0 Å². The molecule has 6 nitrogen and oxygen atoms in total. The molecule has 25 heavy (non-hydrogen) atoms. The van der Waals surface area contributed by atoms with Crippen molar-refractivity contribution in [1.29, 1.82) is 0 Å². The predicted octanol–water partition coefficient (Wildman–Crippen LogP) is 1.95. The quantitative estimate of drug-likeness (QED) is 0.663. The molecule has 0 aliphatic heterocycles. The molecule has 0 bridgehead atoms. The molecule has 6 heteroatoms. The molecule has 2 aromatic carbocycles. The van der Waals surface area contributed by atoms with Crippen LogP contribution in [-0.2, 0) is 11.2 Å². The summed E-state index contributed by atoms with van der Waals surface area (Å²) < 4.78 is 0. The van der Waals surface area contributed by atoms with Crippen molar-refractivity contribution in [3.05, 3.63) is 82.3 Å². The average Bonchev–Trinajstić information content (AvgIpc) is 2.62. The maximum absolute atomic E-state index is 12.4. The first-order valence-corrected chi connectivity index (χ1v) is 7.74. The summed E-state index contributed by atoms with van der Waals surface area (Å²) in [6, 6.07) is 16.3. The third-order valence-corrected chi connectivity index (χ3v) is 3.88. The second kappa shape index (κ2) is 7.00. The minimum Gasteiger partial charge on any atom is -0.480 e. The van der Waals surface area contributed by atoms with Crippen molar-refractivity contribution in [2.45, 2.75) is 12.5 Å². The summed E-state index contributed by atoms with van der Waals surface area (Å²) in [5, 5.41) is 12.9. The SMILES string of the molecule is O=C(N[C@H](Cc1ccccc1)C(=O)O)c1cc2ccccc2c(=O)[nH]1. The number of hydrogen-bond acceptors (Lipinski definition) is 3. The van der Waals surface area contributed by atoms with E-state index in [0.29, 0.717) is 10.8 Å². The van der Waals surface area contributed by atoms with Gasteiger partial charge in [-0.25, -0.2) is 4.79 Å². The van der Waals surface area contributed by atoms with Crippen molar-refractivity contribution in [2.75, 3.05) is 0 Å². The molecule has 0 fully saturated rings. The van der Waals surface area contributed by atoms with Crippen LogP contribution in [0.1, 0.15) is 16.1 Å². The molecule has 0 radical (unpaired) electrons. The Labute approximate surface area is 143 Å². The van der Waals surface area contributed by atoms with Crippen LogP contribution in [0.2, 0.25) is 0 Å². The van der Waals surface area contributed by atoms with Crippen LogP contribution in [0, 0.1) is 0 Å². The van der Waals surface area contributed by atoms with E-state index in [-0.39, 0.29) is 12.1 Å². The number of nitrogens with one attached hydrogen (secondary N) is 2. The summed E-state index contributed by atoms with van der Waals surface area (Å²) in [4.78, 5) is 38.4. The number of hydrogen-bond donors (Lipinski definition) is 3. The van der Waals surface area contributed by atoms with Crippen LogP contribution < -0.4 is 10.9 Å². The van der Waals surface area contributed by atoms with Crippen LogP contribution in [0.5, 0.6) is 0 Å². The molecule has 0 spiro atoms. The molecule has 0 aliphatic carbocycles. The highest BCUT2D eigenvalue weighted by molar-refractivity contribution is 5.98. The maximum atomic E-state index is 12.4. The van der Waals surface area contributed by atoms with Gasteiger partial charge in [-0.1, -0.05) is 48.5 Å². The van der Waals surface area contributed by atoms with Gasteiger partial charge in [-0.05, 0) is 23.1 Å². The first-order chi connectivity index (χ1) is 12.0. The minimum absolute atomic E-state index is 0.0306. The molecule has 0 unspecified atom stereocenters. The number of amides is 1. The highest BCUT2D eigenvalue weighted by Gasteiger charge is 2.21. The molecule has 1 heterocycles. The summed E-state index contributed by atoms with van der Waals surface area (Å²) in [6.07, 6.45) is 0.153. The zero-order valence-electron chi connectivity index (χ0n) is 13.2. The van der Waals surface area contributed by atoms with Crippen LogP contribution in [0.4, 0.5) is 0 Å². The topological polar surface area (TPSA) is 99.3 Å². The first-order valence-electron chi connectivity index (χ1n) is 7.74. The Balaban J connectivity index is 1.84. The molecule has 0 aliphatic rings. The maximum Gasteiger partial charge on any atom is 0.326 e. The van der Waals surface area contributed by atoms with Gasteiger partial charge in [0.25, 0.3) is 11.5 Å². The Morgan fingerprint density at radius 1 is 1.04 bits per heavy atom. The van der Waals surface area contributed by atoms with Crippen molar-refractivity contribution in [3.63, 3.8) is 0 Å². The van der Waals surface area contributed by atoms with Gasteiger partial charge in [-0.2, -0.15) is 0 Å². The molecule has 0 saturated carbocycles. The molecule has 3 rings (SSSR count). The van der Waals surface area contributed by atoms with Crippen LogP contribution in [-0.4, -0.2) is 28.0 Å². The van der Waals surface area contributed by atoms with Gasteiger partial charge in [0.2, 0.25) is 0 Å². The lowest BCUT2D eigenvalue weighted by Crippen LogP contribution is -2.43. The molecule has 3 N–H and O–H groups in total. The number of carbonyl (C=O) groups excluding carboxylic acids is 1. The van der Waals surface area contributed by atoms with Gasteiger partial charge in [0.15, 0.2) is 0 Å². The third kappa shape index (κ3) is 3.74. The van der Waals surface area contributed by atoms with E-state index in [1.807, 2.05) is 6.07 Å². The van der Waals surface area contributed by atoms with E-state index in [9.17, 15) is 19.5 Å². The van der Waals surface area contributed by atoms with E-state index in [1.165, 1.54) is 6.07 Å². The van der Waals surface area contributed by atoms with Gasteiger partial charge in [-0.3, -0.25) is 9.59 Å². The van der Waals surface area contributed by atoms with Crippen molar-refractivity contribution in [3.8, 4) is 0 Å². The second-order valence-corrected chi connectivity index (χ2v) is 5.65. The molecule has 126 valence electrons. The van der Waals surface area contributed by atoms with Gasteiger partial charge < -0.3 is 15.4 Å². The summed E-state index contributed by atoms with van der Waals surface area (Å²) in [5.74, 6) is -1.77. The molecule has 1 atom stereocenters. The largest absolute Gasteiger partial charge is 0.480 e. The Morgan fingerprint density at radius 3 is 2.44 bits per heavy atom. The summed E-state index contributed by atoms with van der Waals surface area (Å²) >= 11 is 0. The van der Waals surface area contributed by atoms with Gasteiger partial charge in [0.1, 0.15) is 11.7 Å². The van der Waals surface area contributed by atoms with Crippen LogP contribution in [0.3, 0.4) is 0 Å². The lowest BCUT2D eigenvalue weighted by Gasteiger charge is -2.14. The molecule has 0 saturated heterocycles. The predicted molar refractivity (Wildman–Crippen MR) is 93.6 cm³/mol. The van der Waals surface area contributed by atoms with E-state index in [4.69, 9.17) is 0 Å². The Bertz CT molecular complexity index is 979. The number of carboxylic acid groups (broad SMARTS) is 1. The molecule has 3 aromatic rings. The smallest absolute Gasteiger partial charge is 0.326 e. The highest BCUT2D eigenvalue weighted by Crippen LogP contribution is 2.10. The lowest BCUT2D eigenvalue weighted by molar-refractivity contribution is -0.139. The number of aromatic nitrogens is 1. The summed E-state index contributed by atoms with van der Waals surface area (Å²) in [7, 11) is 0. The highest BCUT2D eigenvalue weighted by atomic mass is 16.4. The number of carbonyl (C=O) groups is 2. The van der Waals surface area contributed by atoms with E-state index in [2.05, 4.69) is 10.3 Å². The van der Waals surface area contributed by atoms with Crippen molar-refractivity contribution < 1.29 is 14.7 Å². The standard InChI is InChI=1S/C19H16N2O4/c22-17-14-9-5-4-8-13(14)11-15(20-17)18(23)21-16(19(24)25)10-12-6-2-1-3-7-12/h1-9,11,16H,10H2,(H,20,22)(H,21,23)(H,24,25)/t16-/m1/s1. The van der Waals surface area contributed by atoms with Crippen LogP contribution in [0.15, 0.2) is 65.5 Å². The Kier molecular flexibility index (Phi) is 4.61. The van der Waals surface area contributed by atoms with E-state index in [0.717, 1.165) is 5.56 Å². The first kappa shape index (κ1) is 16.4. The normalized spacial score (nSPS) is 11.8. The number of pyridine rings is 1. The third-order valence-electron chi connectivity index (χ3n) is 3.88. The number of fused-ring (bicyclic) bond motifs is 1. The minimum atomic E-state index is -1.14. The van der Waals surface area contributed by atoms with Gasteiger partial charge in [-0.15, -0.1) is 0 Å². The average molecular weight is 336 g/mol. The molecular formula is C19H16N2O4. The van der Waals surface area contributed by atoms with E-state index < -0.39 is 23.5 Å². The summed E-state index contributed by atoms with van der Waals surface area (Å²) in [6.45, 7) is 0. The Hall–Kier alpha value is -3.41. The number of H-pyrrole nitrogens is 1. The molecule has 1 amide bonds. The number of aliphatic carboxylic acids is 1. The summed E-state index contributed by atoms with van der Waals surface area (Å²) in [5.41, 5.74) is 0.434. The lowest BCUT2D eigenvalue weighted by atomic mass is 10.1. The fraction of sp³-hybridized carbons (Fsp3) is 0.105. The second-order valence-electron chi connectivity index (χ2n) is 5.65. The number of aromatic amines is 1. The van der Waals surface area contributed by atoms with Crippen molar-refractivity contribution >= 4 is 22.6 Å². The van der Waals surface area contributed by atoms with Crippen molar-refractivity contribution in [2.24, 2.45) is 0 Å². The van der Waals surface area contributed by atoms with Gasteiger partial charge in [0, 0.05) is 11.8 Å². The monoisotopic (exact) mass is 336 g/mol. The molecule has 1 aromatic heterocycles. The molecular weight excluding hydrogens is 320 g/mol. The fourth-order valence-corrected chi connectivity index (χ4v) is 2.62. The van der Waals surface area contributed by atoms with Crippen molar-refractivity contribution in [1.82, 2.24) is 10.3 Å². The van der Waals surface area contributed by atoms with Gasteiger partial charge in [0.05, 0.1) is 0 Å². The fourth-order valence-electron chi connectivity index (χ4n) is 2.62. The number of rotatable bonds is 5. The van der Waals surface area contributed by atoms with Crippen LogP contribution in [0.25, 0.3) is 10.8 Å². The van der Waals surface area contributed by atoms with E-state index in [1.54, 1.807) is 48.5 Å². The van der Waals surface area contributed by atoms with E-state index >= 15 is 0 Å². The Morgan fingerprint density at radius 2 is 1.72 bits per heavy atom. The number of benzene rings is 2. The number of carboxylic acids is 1. The zero-order valence-corrected chi connectivity index (χ0v) is 13.2.